The quantitative estimate of drug-likeness (QED) is 0.568. The van der Waals surface area contributed by atoms with Crippen LogP contribution in [-0.2, 0) is 12.2 Å². The van der Waals surface area contributed by atoms with E-state index in [1.807, 2.05) is 19.1 Å². The summed E-state index contributed by atoms with van der Waals surface area (Å²) < 4.78 is 5.29. The minimum Gasteiger partial charge on any atom is -0.384 e. The van der Waals surface area contributed by atoms with Crippen molar-refractivity contribution in [3.8, 4) is 11.4 Å². The number of hydrogen-bond acceptors (Lipinski definition) is 7. The lowest BCUT2D eigenvalue weighted by Crippen LogP contribution is -1.96. The molecule has 0 aliphatic rings. The predicted octanol–water partition coefficient (Wildman–Crippen LogP) is 3.27. The van der Waals surface area contributed by atoms with Crippen molar-refractivity contribution >= 4 is 17.6 Å². The molecule has 2 N–H and O–H groups in total. The third-order valence-corrected chi connectivity index (χ3v) is 4.10. The average Bonchev–Trinajstić information content (AvgIpc) is 3.01. The molecule has 118 valence electrons. The second-order valence-electron chi connectivity index (χ2n) is 5.07. The zero-order chi connectivity index (χ0) is 16.2. The number of aromatic nitrogens is 4. The van der Waals surface area contributed by atoms with E-state index in [2.05, 4.69) is 39.2 Å². The fourth-order valence-corrected chi connectivity index (χ4v) is 2.82. The zero-order valence-corrected chi connectivity index (χ0v) is 13.8. The van der Waals surface area contributed by atoms with Gasteiger partial charge in [0.05, 0.1) is 5.75 Å². The maximum Gasteiger partial charge on any atom is 0.237 e. The van der Waals surface area contributed by atoms with Crippen molar-refractivity contribution in [2.75, 3.05) is 5.73 Å². The van der Waals surface area contributed by atoms with Crippen LogP contribution in [0.25, 0.3) is 11.4 Å². The SMILES string of the molecule is CCc1ccc(-c2noc(CSc3nc(C)cc(N)n3)n2)cc1. The van der Waals surface area contributed by atoms with Crippen molar-refractivity contribution < 1.29 is 4.52 Å². The Morgan fingerprint density at radius 1 is 1.13 bits per heavy atom. The molecular weight excluding hydrogens is 310 g/mol. The summed E-state index contributed by atoms with van der Waals surface area (Å²) in [7, 11) is 0. The van der Waals surface area contributed by atoms with E-state index in [1.54, 1.807) is 6.07 Å². The number of aryl methyl sites for hydroxylation is 2. The van der Waals surface area contributed by atoms with E-state index in [0.29, 0.717) is 28.4 Å². The number of benzene rings is 1. The molecule has 0 spiro atoms. The molecule has 0 radical (unpaired) electrons. The van der Waals surface area contributed by atoms with Crippen LogP contribution in [0, 0.1) is 6.92 Å². The van der Waals surface area contributed by atoms with Gasteiger partial charge in [-0.2, -0.15) is 4.98 Å². The van der Waals surface area contributed by atoms with Crippen LogP contribution in [0.4, 0.5) is 5.82 Å². The van der Waals surface area contributed by atoms with E-state index in [4.69, 9.17) is 10.3 Å². The first-order chi connectivity index (χ1) is 11.1. The van der Waals surface area contributed by atoms with E-state index in [1.165, 1.54) is 17.3 Å². The Balaban J connectivity index is 1.69. The van der Waals surface area contributed by atoms with E-state index in [-0.39, 0.29) is 0 Å². The molecule has 1 aromatic carbocycles. The van der Waals surface area contributed by atoms with Gasteiger partial charge in [0, 0.05) is 17.3 Å². The molecular formula is C16H17N5OS. The van der Waals surface area contributed by atoms with E-state index in [9.17, 15) is 0 Å². The highest BCUT2D eigenvalue weighted by atomic mass is 32.2. The molecule has 3 rings (SSSR count). The molecule has 0 aliphatic heterocycles. The van der Waals surface area contributed by atoms with Crippen LogP contribution < -0.4 is 5.73 Å². The Kier molecular flexibility index (Phi) is 4.57. The third-order valence-electron chi connectivity index (χ3n) is 3.27. The lowest BCUT2D eigenvalue weighted by atomic mass is 10.1. The molecule has 0 aliphatic carbocycles. The van der Waals surface area contributed by atoms with Gasteiger partial charge in [-0.25, -0.2) is 9.97 Å². The van der Waals surface area contributed by atoms with Crippen LogP contribution >= 0.6 is 11.8 Å². The summed E-state index contributed by atoms with van der Waals surface area (Å²) in [6, 6.07) is 9.89. The summed E-state index contributed by atoms with van der Waals surface area (Å²) in [6.45, 7) is 4.01. The van der Waals surface area contributed by atoms with Crippen molar-refractivity contribution in [3.05, 3.63) is 47.5 Å². The summed E-state index contributed by atoms with van der Waals surface area (Å²) in [4.78, 5) is 12.9. The highest BCUT2D eigenvalue weighted by Crippen LogP contribution is 2.22. The van der Waals surface area contributed by atoms with Crippen LogP contribution in [0.5, 0.6) is 0 Å². The van der Waals surface area contributed by atoms with Crippen molar-refractivity contribution in [1.29, 1.82) is 0 Å². The first kappa shape index (κ1) is 15.5. The Bertz CT molecular complexity index is 780. The minimum atomic E-state index is 0.460. The molecule has 0 atom stereocenters. The van der Waals surface area contributed by atoms with Crippen LogP contribution in [0.2, 0.25) is 0 Å². The second-order valence-corrected chi connectivity index (χ2v) is 6.01. The summed E-state index contributed by atoms with van der Waals surface area (Å²) >= 11 is 1.42. The minimum absolute atomic E-state index is 0.460. The van der Waals surface area contributed by atoms with Gasteiger partial charge in [-0.05, 0) is 18.9 Å². The number of nitrogens with two attached hydrogens (primary N) is 1. The van der Waals surface area contributed by atoms with E-state index >= 15 is 0 Å². The summed E-state index contributed by atoms with van der Waals surface area (Å²) in [5.41, 5.74) is 8.77. The zero-order valence-electron chi connectivity index (χ0n) is 13.0. The van der Waals surface area contributed by atoms with Gasteiger partial charge in [0.2, 0.25) is 11.7 Å². The molecule has 23 heavy (non-hydrogen) atoms. The number of anilines is 1. The van der Waals surface area contributed by atoms with Crippen LogP contribution in [0.15, 0.2) is 40.0 Å². The van der Waals surface area contributed by atoms with Gasteiger partial charge in [0.1, 0.15) is 5.82 Å². The summed E-state index contributed by atoms with van der Waals surface area (Å²) in [5.74, 6) is 2.09. The number of nitrogen functional groups attached to an aromatic ring is 1. The van der Waals surface area contributed by atoms with Gasteiger partial charge in [0.25, 0.3) is 0 Å². The maximum absolute atomic E-state index is 5.72. The van der Waals surface area contributed by atoms with E-state index < -0.39 is 0 Å². The van der Waals surface area contributed by atoms with Gasteiger partial charge in [-0.15, -0.1) is 0 Å². The normalized spacial score (nSPS) is 10.9. The van der Waals surface area contributed by atoms with Gasteiger partial charge < -0.3 is 10.3 Å². The van der Waals surface area contributed by atoms with Crippen molar-refractivity contribution in [2.45, 2.75) is 31.2 Å². The van der Waals surface area contributed by atoms with Gasteiger partial charge in [-0.1, -0.05) is 48.1 Å². The Morgan fingerprint density at radius 3 is 2.61 bits per heavy atom. The van der Waals surface area contributed by atoms with Gasteiger partial charge in [-0.3, -0.25) is 0 Å². The molecule has 0 amide bonds. The fourth-order valence-electron chi connectivity index (χ4n) is 2.08. The highest BCUT2D eigenvalue weighted by Gasteiger charge is 2.10. The fraction of sp³-hybridized carbons (Fsp3) is 0.250. The molecule has 0 unspecified atom stereocenters. The molecule has 0 saturated carbocycles. The predicted molar refractivity (Wildman–Crippen MR) is 89.9 cm³/mol. The van der Waals surface area contributed by atoms with Crippen LogP contribution in [0.1, 0.15) is 24.1 Å². The lowest BCUT2D eigenvalue weighted by molar-refractivity contribution is 0.391. The molecule has 2 aromatic heterocycles. The smallest absolute Gasteiger partial charge is 0.237 e. The molecule has 7 heteroatoms. The first-order valence-corrected chi connectivity index (χ1v) is 8.28. The summed E-state index contributed by atoms with van der Waals surface area (Å²) in [5, 5.41) is 4.63. The van der Waals surface area contributed by atoms with Crippen molar-refractivity contribution in [2.24, 2.45) is 0 Å². The second kappa shape index (κ2) is 6.78. The lowest BCUT2D eigenvalue weighted by Gasteiger charge is -2.00. The largest absolute Gasteiger partial charge is 0.384 e. The Hall–Kier alpha value is -2.41. The topological polar surface area (TPSA) is 90.7 Å². The van der Waals surface area contributed by atoms with E-state index in [0.717, 1.165) is 17.7 Å². The monoisotopic (exact) mass is 327 g/mol. The number of thioether (sulfide) groups is 1. The highest BCUT2D eigenvalue weighted by molar-refractivity contribution is 7.98. The molecule has 0 saturated heterocycles. The molecule has 3 aromatic rings. The Labute approximate surface area is 138 Å². The third kappa shape index (κ3) is 3.87. The number of nitrogens with zero attached hydrogens (tertiary/aromatic N) is 4. The first-order valence-electron chi connectivity index (χ1n) is 7.30. The van der Waals surface area contributed by atoms with Crippen molar-refractivity contribution in [1.82, 2.24) is 20.1 Å². The van der Waals surface area contributed by atoms with Gasteiger partial charge in [0.15, 0.2) is 5.16 Å². The van der Waals surface area contributed by atoms with Crippen LogP contribution in [-0.4, -0.2) is 20.1 Å². The molecule has 0 bridgehead atoms. The van der Waals surface area contributed by atoms with Crippen LogP contribution in [0.3, 0.4) is 0 Å². The number of hydrogen-bond donors (Lipinski definition) is 1. The molecule has 2 heterocycles. The van der Waals surface area contributed by atoms with Gasteiger partial charge >= 0.3 is 0 Å². The standard InChI is InChI=1S/C16H17N5OS/c1-3-11-4-6-12(7-5-11)15-20-14(22-21-15)9-23-16-18-10(2)8-13(17)19-16/h4-8H,3,9H2,1-2H3,(H2,17,18,19). The summed E-state index contributed by atoms with van der Waals surface area (Å²) in [6.07, 6.45) is 1.01. The Morgan fingerprint density at radius 2 is 1.91 bits per heavy atom. The molecule has 0 fully saturated rings. The molecule has 6 nitrogen and oxygen atoms in total. The van der Waals surface area contributed by atoms with Crippen molar-refractivity contribution in [3.63, 3.8) is 0 Å². The average molecular weight is 327 g/mol. The number of rotatable bonds is 5. The maximum atomic E-state index is 5.72.